The van der Waals surface area contributed by atoms with Crippen molar-refractivity contribution >= 4 is 21.6 Å². The number of amides is 1. The molecule has 1 amide bonds. The Balaban J connectivity index is 1.44. The molecule has 244 valence electrons. The summed E-state index contributed by atoms with van der Waals surface area (Å²) in [6.45, 7) is 2.59. The molecule has 0 radical (unpaired) electrons. The highest BCUT2D eigenvalue weighted by Gasteiger charge is 2.38. The number of piperazine rings is 1. The molecule has 4 aromatic rings. The largest absolute Gasteiger partial charge is 0.325 e. The van der Waals surface area contributed by atoms with Gasteiger partial charge in [0.15, 0.2) is 0 Å². The molecule has 3 atom stereocenters. The van der Waals surface area contributed by atoms with Crippen LogP contribution in [0.5, 0.6) is 0 Å². The molecule has 13 heteroatoms. The molecular weight excluding hydrogens is 629 g/mol. The predicted octanol–water partition coefficient (Wildman–Crippen LogP) is 6.54. The fourth-order valence-electron chi connectivity index (χ4n) is 6.11. The number of hydrogen-bond donors (Lipinski definition) is 2. The summed E-state index contributed by atoms with van der Waals surface area (Å²) in [7, 11) is -3.86. The Labute approximate surface area is 271 Å². The highest BCUT2D eigenvalue weighted by atomic mass is 32.2. The Morgan fingerprint density at radius 1 is 0.957 bits per heavy atom. The summed E-state index contributed by atoms with van der Waals surface area (Å²) in [5.74, 6) is -3.74. The highest BCUT2D eigenvalue weighted by molar-refractivity contribution is 7.89. The van der Waals surface area contributed by atoms with Crippen molar-refractivity contribution in [1.82, 2.24) is 9.62 Å². The number of nitrogens with zero attached hydrogens (tertiary/aromatic N) is 4. The van der Waals surface area contributed by atoms with Gasteiger partial charge in [-0.25, -0.2) is 21.6 Å². The molecule has 0 bridgehead atoms. The van der Waals surface area contributed by atoms with Crippen molar-refractivity contribution in [2.45, 2.75) is 48.7 Å². The van der Waals surface area contributed by atoms with E-state index in [0.29, 0.717) is 13.1 Å². The van der Waals surface area contributed by atoms with Crippen molar-refractivity contribution < 1.29 is 26.4 Å². The molecule has 0 unspecified atom stereocenters. The topological polar surface area (TPSA) is 127 Å². The number of carbonyl (C=O) groups is 1. The average molecular weight is 663 g/mol. The van der Waals surface area contributed by atoms with Gasteiger partial charge in [0.05, 0.1) is 4.90 Å². The molecule has 1 fully saturated rings. The average Bonchev–Trinajstić information content (AvgIpc) is 3.04. The zero-order chi connectivity index (χ0) is 33.6. The number of rotatable bonds is 11. The molecule has 1 aliphatic heterocycles. The Bertz CT molecular complexity index is 1840. The normalized spacial score (nSPS) is 17.6. The van der Waals surface area contributed by atoms with Crippen LogP contribution in [-0.4, -0.2) is 49.8 Å². The zero-order valence-electron chi connectivity index (χ0n) is 25.4. The lowest BCUT2D eigenvalue weighted by molar-refractivity contribution is -0.117. The third kappa shape index (κ3) is 7.66. The van der Waals surface area contributed by atoms with E-state index in [2.05, 4.69) is 20.7 Å². The van der Waals surface area contributed by atoms with Gasteiger partial charge in [0.2, 0.25) is 15.9 Å². The molecule has 2 N–H and O–H groups in total. The molecule has 1 heterocycles. The molecule has 9 nitrogen and oxygen atoms in total. The van der Waals surface area contributed by atoms with Gasteiger partial charge in [-0.15, -0.1) is 0 Å². The van der Waals surface area contributed by atoms with Gasteiger partial charge in [-0.2, -0.15) is 4.31 Å². The Morgan fingerprint density at radius 2 is 1.60 bits per heavy atom. The number of azide groups is 1. The number of halogens is 3. The van der Waals surface area contributed by atoms with E-state index in [4.69, 9.17) is 0 Å². The molecule has 1 aliphatic rings. The van der Waals surface area contributed by atoms with Crippen molar-refractivity contribution in [3.63, 3.8) is 0 Å². The third-order valence-electron chi connectivity index (χ3n) is 8.21. The standard InChI is InChI=1S/C34H33F3N6O3S/c1-22-20-39-21-27(43(22)47(45,46)28-12-3-2-4-13-28)16-17-29-30(37)14-7-15-31(29)40-34(44)33(41-42-38)32(23-8-5-10-25(35)18-23)24-9-6-11-26(36)19-24/h2-15,18-19,22,27,32-33,39H,16-17,20-21H2,1H3,(H,40,44)/t22-,27-,33-/m0/s1. The molecule has 0 aliphatic carbocycles. The Hall–Kier alpha value is -4.68. The van der Waals surface area contributed by atoms with Crippen LogP contribution in [0.1, 0.15) is 36.0 Å². The van der Waals surface area contributed by atoms with Gasteiger partial charge in [0.1, 0.15) is 23.5 Å². The number of anilines is 1. The van der Waals surface area contributed by atoms with Crippen LogP contribution in [0.2, 0.25) is 0 Å². The molecule has 5 rings (SSSR count). The lowest BCUT2D eigenvalue weighted by Gasteiger charge is -2.40. The van der Waals surface area contributed by atoms with Crippen molar-refractivity contribution in [2.75, 3.05) is 18.4 Å². The maximum atomic E-state index is 15.4. The number of benzene rings is 4. The van der Waals surface area contributed by atoms with Crippen LogP contribution in [0, 0.1) is 17.5 Å². The van der Waals surface area contributed by atoms with Gasteiger partial charge in [-0.05, 0) is 85.0 Å². The number of hydrogen-bond acceptors (Lipinski definition) is 5. The van der Waals surface area contributed by atoms with Gasteiger partial charge < -0.3 is 10.6 Å². The van der Waals surface area contributed by atoms with Crippen molar-refractivity contribution in [2.24, 2.45) is 5.11 Å². The second-order valence-corrected chi connectivity index (χ2v) is 13.2. The summed E-state index contributed by atoms with van der Waals surface area (Å²) in [5.41, 5.74) is 10.2. The molecule has 1 saturated heterocycles. The van der Waals surface area contributed by atoms with Gasteiger partial charge >= 0.3 is 0 Å². The summed E-state index contributed by atoms with van der Waals surface area (Å²) >= 11 is 0. The van der Waals surface area contributed by atoms with Crippen LogP contribution < -0.4 is 10.6 Å². The summed E-state index contributed by atoms with van der Waals surface area (Å²) in [6, 6.07) is 20.5. The predicted molar refractivity (Wildman–Crippen MR) is 173 cm³/mol. The highest BCUT2D eigenvalue weighted by Crippen LogP contribution is 2.33. The Kier molecular flexibility index (Phi) is 10.6. The van der Waals surface area contributed by atoms with Crippen LogP contribution >= 0.6 is 0 Å². The second-order valence-electron chi connectivity index (χ2n) is 11.3. The van der Waals surface area contributed by atoms with E-state index < -0.39 is 51.4 Å². The first-order chi connectivity index (χ1) is 22.6. The Morgan fingerprint density at radius 3 is 2.21 bits per heavy atom. The van der Waals surface area contributed by atoms with Crippen molar-refractivity contribution in [1.29, 1.82) is 0 Å². The zero-order valence-corrected chi connectivity index (χ0v) is 26.2. The molecule has 0 saturated carbocycles. The summed E-state index contributed by atoms with van der Waals surface area (Å²) < 4.78 is 72.8. The smallest absolute Gasteiger partial charge is 0.243 e. The van der Waals surface area contributed by atoms with Crippen molar-refractivity contribution in [3.05, 3.63) is 142 Å². The first-order valence-corrected chi connectivity index (χ1v) is 16.5. The van der Waals surface area contributed by atoms with E-state index in [1.165, 1.54) is 83.2 Å². The fraction of sp³-hybridized carbons (Fsp3) is 0.265. The number of nitrogens with one attached hydrogen (secondary N) is 2. The monoisotopic (exact) mass is 662 g/mol. The van der Waals surface area contributed by atoms with E-state index in [0.717, 1.165) is 0 Å². The maximum Gasteiger partial charge on any atom is 0.243 e. The van der Waals surface area contributed by atoms with Crippen LogP contribution in [0.4, 0.5) is 18.9 Å². The van der Waals surface area contributed by atoms with E-state index in [9.17, 15) is 27.5 Å². The number of carbonyl (C=O) groups excluding carboxylic acids is 1. The minimum atomic E-state index is -3.86. The third-order valence-corrected chi connectivity index (χ3v) is 10.3. The number of sulfonamides is 1. The van der Waals surface area contributed by atoms with Gasteiger partial charge in [-0.3, -0.25) is 4.79 Å². The fourth-order valence-corrected chi connectivity index (χ4v) is 7.97. The van der Waals surface area contributed by atoms with Gasteiger partial charge in [0, 0.05) is 47.3 Å². The summed E-state index contributed by atoms with van der Waals surface area (Å²) in [4.78, 5) is 16.8. The summed E-state index contributed by atoms with van der Waals surface area (Å²) in [5, 5.41) is 9.64. The van der Waals surface area contributed by atoms with Crippen LogP contribution in [0.3, 0.4) is 0 Å². The lowest BCUT2D eigenvalue weighted by atomic mass is 9.84. The molecule has 47 heavy (non-hydrogen) atoms. The first kappa shape index (κ1) is 33.7. The van der Waals surface area contributed by atoms with Crippen LogP contribution in [-0.2, 0) is 21.2 Å². The van der Waals surface area contributed by atoms with Gasteiger partial charge in [-0.1, -0.05) is 53.6 Å². The second kappa shape index (κ2) is 14.8. The molecule has 4 aromatic carbocycles. The van der Waals surface area contributed by atoms with E-state index in [1.54, 1.807) is 25.1 Å². The van der Waals surface area contributed by atoms with E-state index in [1.807, 2.05) is 0 Å². The molecule has 0 aromatic heterocycles. The molecular formula is C34H33F3N6O3S. The van der Waals surface area contributed by atoms with E-state index >= 15 is 4.39 Å². The van der Waals surface area contributed by atoms with Crippen molar-refractivity contribution in [3.8, 4) is 0 Å². The van der Waals surface area contributed by atoms with E-state index in [-0.39, 0.29) is 46.2 Å². The van der Waals surface area contributed by atoms with Crippen LogP contribution in [0.15, 0.2) is 107 Å². The van der Waals surface area contributed by atoms with Crippen LogP contribution in [0.25, 0.3) is 10.4 Å². The molecule has 0 spiro atoms. The first-order valence-electron chi connectivity index (χ1n) is 15.0. The minimum absolute atomic E-state index is 0.0611. The van der Waals surface area contributed by atoms with Gasteiger partial charge in [0.25, 0.3) is 0 Å². The maximum absolute atomic E-state index is 15.4. The quantitative estimate of drug-likeness (QED) is 0.107. The minimum Gasteiger partial charge on any atom is -0.325 e. The summed E-state index contributed by atoms with van der Waals surface area (Å²) in [6.07, 6.45) is 0.285. The lowest BCUT2D eigenvalue weighted by Crippen LogP contribution is -2.58. The SMILES string of the molecule is C[C@H]1CNC[C@H](CCc2c(F)cccc2NC(=O)[C@@H](N=[N+]=[N-])C(c2cccc(F)c2)c2cccc(F)c2)N1S(=O)(=O)c1ccccc1.